The molecule has 3 unspecified atom stereocenters. The van der Waals surface area contributed by atoms with Crippen molar-refractivity contribution in [1.29, 1.82) is 0 Å². The van der Waals surface area contributed by atoms with Crippen molar-refractivity contribution < 1.29 is 4.74 Å². The van der Waals surface area contributed by atoms with Crippen LogP contribution in [-0.2, 0) is 11.3 Å². The molecule has 1 aromatic rings. The van der Waals surface area contributed by atoms with Gasteiger partial charge < -0.3 is 19.9 Å². The van der Waals surface area contributed by atoms with E-state index in [4.69, 9.17) is 14.7 Å². The Bertz CT molecular complexity index is 632. The molecule has 1 fully saturated rings. The Morgan fingerprint density at radius 2 is 2.21 bits per heavy atom. The van der Waals surface area contributed by atoms with E-state index in [9.17, 15) is 0 Å². The van der Waals surface area contributed by atoms with Crippen molar-refractivity contribution in [2.45, 2.75) is 64.6 Å². The Hall–Kier alpha value is -1.18. The minimum absolute atomic E-state index is 0.0409. The highest BCUT2D eigenvalue weighted by atomic mass is 32.1. The molecule has 28 heavy (non-hydrogen) atoms. The summed E-state index contributed by atoms with van der Waals surface area (Å²) in [4.78, 5) is 14.4. The summed E-state index contributed by atoms with van der Waals surface area (Å²) < 4.78 is 5.38. The van der Waals surface area contributed by atoms with E-state index in [2.05, 4.69) is 55.5 Å². The van der Waals surface area contributed by atoms with E-state index in [-0.39, 0.29) is 11.6 Å². The third kappa shape index (κ3) is 5.91. The van der Waals surface area contributed by atoms with Crippen LogP contribution in [0.4, 0.5) is 0 Å². The lowest BCUT2D eigenvalue weighted by Crippen LogP contribution is -2.51. The first kappa shape index (κ1) is 23.1. The number of nitrogens with zero attached hydrogens (tertiary/aromatic N) is 4. The molecule has 1 N–H and O–H groups in total. The molecule has 160 valence electrons. The molecule has 0 saturated heterocycles. The molecule has 0 radical (unpaired) electrons. The largest absolute Gasteiger partial charge is 0.375 e. The molecule has 2 rings (SSSR count). The number of rotatable bonds is 8. The maximum atomic E-state index is 5.38. The highest BCUT2D eigenvalue weighted by Gasteiger charge is 2.37. The minimum atomic E-state index is 0.0409. The number of methoxy groups -OCH3 is 1. The smallest absolute Gasteiger partial charge is 0.194 e. The summed E-state index contributed by atoms with van der Waals surface area (Å²) in [5, 5.41) is 6.60. The Morgan fingerprint density at radius 1 is 1.46 bits per heavy atom. The molecular weight excluding hydrogens is 370 g/mol. The van der Waals surface area contributed by atoms with E-state index in [1.54, 1.807) is 18.4 Å². The van der Waals surface area contributed by atoms with Crippen LogP contribution in [0, 0.1) is 5.92 Å². The highest BCUT2D eigenvalue weighted by molar-refractivity contribution is 7.09. The summed E-state index contributed by atoms with van der Waals surface area (Å²) in [5.41, 5.74) is 1.23. The van der Waals surface area contributed by atoms with Crippen LogP contribution in [0.25, 0.3) is 0 Å². The fourth-order valence-corrected chi connectivity index (χ4v) is 4.86. The van der Waals surface area contributed by atoms with Gasteiger partial charge in [0.15, 0.2) is 5.96 Å². The average molecular weight is 410 g/mol. The van der Waals surface area contributed by atoms with E-state index in [0.29, 0.717) is 0 Å². The van der Waals surface area contributed by atoms with Crippen LogP contribution in [0.15, 0.2) is 10.4 Å². The Kier molecular flexibility index (Phi) is 8.71. The molecule has 7 heteroatoms. The minimum Gasteiger partial charge on any atom is -0.375 e. The van der Waals surface area contributed by atoms with Gasteiger partial charge in [-0.1, -0.05) is 19.8 Å². The van der Waals surface area contributed by atoms with Crippen LogP contribution in [0.2, 0.25) is 0 Å². The van der Waals surface area contributed by atoms with Crippen molar-refractivity contribution in [1.82, 2.24) is 20.1 Å². The van der Waals surface area contributed by atoms with Crippen molar-refractivity contribution in [3.63, 3.8) is 0 Å². The summed E-state index contributed by atoms with van der Waals surface area (Å²) in [5.74, 6) is 1.72. The zero-order chi connectivity index (χ0) is 20.7. The Labute approximate surface area is 175 Å². The Morgan fingerprint density at radius 3 is 2.82 bits per heavy atom. The molecule has 3 atom stereocenters. The van der Waals surface area contributed by atoms with E-state index < -0.39 is 0 Å². The summed E-state index contributed by atoms with van der Waals surface area (Å²) in [6.45, 7) is 8.96. The lowest BCUT2D eigenvalue weighted by molar-refractivity contribution is 0.0842. The third-order valence-electron chi connectivity index (χ3n) is 5.91. The number of hydrogen-bond acceptors (Lipinski definition) is 5. The monoisotopic (exact) mass is 409 g/mol. The average Bonchev–Trinajstić information content (AvgIpc) is 3.12. The maximum absolute atomic E-state index is 5.38. The molecule has 1 aliphatic carbocycles. The second-order valence-corrected chi connectivity index (χ2v) is 9.29. The first-order chi connectivity index (χ1) is 13.3. The number of nitrogens with one attached hydrogen (secondary N) is 1. The zero-order valence-electron chi connectivity index (χ0n) is 18.8. The van der Waals surface area contributed by atoms with Gasteiger partial charge in [0.05, 0.1) is 18.8 Å². The number of likely N-dealkylation sites (N-methyl/N-ethyl adjacent to an activating group) is 1. The van der Waals surface area contributed by atoms with E-state index in [1.165, 1.54) is 25.7 Å². The number of thiazole rings is 1. The van der Waals surface area contributed by atoms with Gasteiger partial charge >= 0.3 is 0 Å². The van der Waals surface area contributed by atoms with Crippen LogP contribution >= 0.6 is 11.3 Å². The first-order valence-electron chi connectivity index (χ1n) is 10.4. The van der Waals surface area contributed by atoms with Gasteiger partial charge in [0, 0.05) is 31.6 Å². The topological polar surface area (TPSA) is 53.0 Å². The van der Waals surface area contributed by atoms with Gasteiger partial charge in [-0.15, -0.1) is 11.3 Å². The molecule has 0 spiro atoms. The summed E-state index contributed by atoms with van der Waals surface area (Å²) in [6.07, 6.45) is 5.11. The van der Waals surface area contributed by atoms with E-state index in [0.717, 1.165) is 42.2 Å². The standard InChI is InChI=1S/C21H39N5OS/c1-8-22-20(23-15-21(25(4)5)11-9-10-16(2)12-21)26(6)13-18-14-28-19(24-18)17(3)27-7/h14,16-17H,8-13,15H2,1-7H3,(H,22,23). The molecular formula is C21H39N5OS. The molecule has 0 aromatic carbocycles. The van der Waals surface area contributed by atoms with Gasteiger partial charge in [0.1, 0.15) is 11.1 Å². The zero-order valence-corrected chi connectivity index (χ0v) is 19.6. The molecule has 1 heterocycles. The molecule has 0 bridgehead atoms. The number of ether oxygens (including phenoxy) is 1. The fraction of sp³-hybridized carbons (Fsp3) is 0.810. The van der Waals surface area contributed by atoms with Crippen LogP contribution in [0.1, 0.15) is 63.3 Å². The summed E-state index contributed by atoms with van der Waals surface area (Å²) >= 11 is 1.66. The molecule has 0 aliphatic heterocycles. The highest BCUT2D eigenvalue weighted by Crippen LogP contribution is 2.36. The lowest BCUT2D eigenvalue weighted by atomic mass is 9.75. The molecule has 0 amide bonds. The normalized spacial score (nSPS) is 24.4. The molecule has 1 aromatic heterocycles. The second kappa shape index (κ2) is 10.6. The number of hydrogen-bond donors (Lipinski definition) is 1. The van der Waals surface area contributed by atoms with E-state index >= 15 is 0 Å². The number of aromatic nitrogens is 1. The SMILES string of the molecule is CCNC(=NCC1(N(C)C)CCCC(C)C1)N(C)Cc1csc(C(C)OC)n1. The summed E-state index contributed by atoms with van der Waals surface area (Å²) in [6, 6.07) is 0. The van der Waals surface area contributed by atoms with Crippen LogP contribution in [-0.4, -0.2) is 67.6 Å². The fourth-order valence-electron chi connectivity index (χ4n) is 4.02. The Balaban J connectivity index is 2.10. The van der Waals surface area contributed by atoms with Crippen molar-refractivity contribution in [2.24, 2.45) is 10.9 Å². The predicted molar refractivity (Wildman–Crippen MR) is 119 cm³/mol. The predicted octanol–water partition coefficient (Wildman–Crippen LogP) is 3.76. The molecule has 6 nitrogen and oxygen atoms in total. The van der Waals surface area contributed by atoms with Gasteiger partial charge in [0.2, 0.25) is 0 Å². The van der Waals surface area contributed by atoms with Crippen molar-refractivity contribution >= 4 is 17.3 Å². The van der Waals surface area contributed by atoms with Crippen molar-refractivity contribution in [3.8, 4) is 0 Å². The molecule has 1 saturated carbocycles. The third-order valence-corrected chi connectivity index (χ3v) is 6.96. The van der Waals surface area contributed by atoms with Gasteiger partial charge in [0.25, 0.3) is 0 Å². The first-order valence-corrected chi connectivity index (χ1v) is 11.3. The van der Waals surface area contributed by atoms with Gasteiger partial charge in [-0.2, -0.15) is 0 Å². The summed E-state index contributed by atoms with van der Waals surface area (Å²) in [7, 11) is 8.22. The molecule has 1 aliphatic rings. The van der Waals surface area contributed by atoms with E-state index in [1.807, 2.05) is 6.92 Å². The van der Waals surface area contributed by atoms with Gasteiger partial charge in [-0.05, 0) is 46.7 Å². The lowest BCUT2D eigenvalue weighted by Gasteiger charge is -2.44. The number of aliphatic imine (C=N–C) groups is 1. The van der Waals surface area contributed by atoms with Crippen molar-refractivity contribution in [3.05, 3.63) is 16.1 Å². The number of guanidine groups is 1. The van der Waals surface area contributed by atoms with Crippen molar-refractivity contribution in [2.75, 3.05) is 41.3 Å². The second-order valence-electron chi connectivity index (χ2n) is 8.40. The van der Waals surface area contributed by atoms with Crippen LogP contribution < -0.4 is 5.32 Å². The van der Waals surface area contributed by atoms with Crippen LogP contribution in [0.3, 0.4) is 0 Å². The van der Waals surface area contributed by atoms with Gasteiger partial charge in [-0.25, -0.2) is 4.98 Å². The van der Waals surface area contributed by atoms with Gasteiger partial charge in [-0.3, -0.25) is 4.99 Å². The quantitative estimate of drug-likeness (QED) is 0.523. The maximum Gasteiger partial charge on any atom is 0.194 e. The van der Waals surface area contributed by atoms with Crippen LogP contribution in [0.5, 0.6) is 0 Å².